The highest BCUT2D eigenvalue weighted by atomic mass is 127. The van der Waals surface area contributed by atoms with Crippen molar-refractivity contribution in [3.63, 3.8) is 0 Å². The van der Waals surface area contributed by atoms with Crippen molar-refractivity contribution in [2.24, 2.45) is 4.99 Å². The molecule has 2 N–H and O–H groups in total. The van der Waals surface area contributed by atoms with Crippen LogP contribution in [-0.4, -0.2) is 25.7 Å². The Morgan fingerprint density at radius 2 is 2.04 bits per heavy atom. The molecule has 0 bridgehead atoms. The highest BCUT2D eigenvalue weighted by Gasteiger charge is 2.17. The highest BCUT2D eigenvalue weighted by Crippen LogP contribution is 2.23. The summed E-state index contributed by atoms with van der Waals surface area (Å²) < 4.78 is 42.9. The third kappa shape index (κ3) is 6.08. The van der Waals surface area contributed by atoms with Gasteiger partial charge in [-0.15, -0.1) is 24.0 Å². The van der Waals surface area contributed by atoms with Crippen molar-refractivity contribution in [3.05, 3.63) is 29.6 Å². The van der Waals surface area contributed by atoms with E-state index < -0.39 is 12.4 Å². The van der Waals surface area contributed by atoms with Gasteiger partial charge >= 0.3 is 6.61 Å². The minimum Gasteiger partial charge on any atom is -0.434 e. The molecule has 0 atom stereocenters. The van der Waals surface area contributed by atoms with Gasteiger partial charge in [-0.25, -0.2) is 4.39 Å². The van der Waals surface area contributed by atoms with E-state index in [-0.39, 0.29) is 41.8 Å². The van der Waals surface area contributed by atoms with E-state index in [1.165, 1.54) is 31.0 Å². The van der Waals surface area contributed by atoms with E-state index in [4.69, 9.17) is 0 Å². The number of nitrogens with one attached hydrogen (secondary N) is 2. The van der Waals surface area contributed by atoms with Gasteiger partial charge in [0, 0.05) is 25.2 Å². The zero-order valence-electron chi connectivity index (χ0n) is 12.8. The summed E-state index contributed by atoms with van der Waals surface area (Å²) >= 11 is 0. The lowest BCUT2D eigenvalue weighted by Crippen LogP contribution is -2.42. The van der Waals surface area contributed by atoms with Crippen LogP contribution in [0.25, 0.3) is 0 Å². The number of guanidine groups is 1. The first-order chi connectivity index (χ1) is 10.6. The normalized spacial score (nSPS) is 15.4. The van der Waals surface area contributed by atoms with Crippen LogP contribution >= 0.6 is 24.0 Å². The molecule has 23 heavy (non-hydrogen) atoms. The lowest BCUT2D eigenvalue weighted by molar-refractivity contribution is -0.0506. The Balaban J connectivity index is 0.00000264. The molecule has 130 valence electrons. The summed E-state index contributed by atoms with van der Waals surface area (Å²) in [4.78, 5) is 4.07. The first-order valence-electron chi connectivity index (χ1n) is 7.29. The number of aliphatic imine (C=N–C) groups is 1. The van der Waals surface area contributed by atoms with Crippen LogP contribution in [0.4, 0.5) is 13.2 Å². The number of ether oxygens (including phenoxy) is 1. The molecule has 1 aliphatic rings. The summed E-state index contributed by atoms with van der Waals surface area (Å²) in [6, 6.07) is 4.22. The predicted molar refractivity (Wildman–Crippen MR) is 94.0 cm³/mol. The number of halogens is 4. The second-order valence-electron chi connectivity index (χ2n) is 5.15. The van der Waals surface area contributed by atoms with Crippen molar-refractivity contribution in [2.45, 2.75) is 44.9 Å². The minimum atomic E-state index is -2.99. The average molecular weight is 443 g/mol. The maximum Gasteiger partial charge on any atom is 0.387 e. The predicted octanol–water partition coefficient (Wildman–Crippen LogP) is 3.65. The SMILES string of the molecule is CN=C(NCc1c(F)cccc1OC(F)F)NC1CCCC1.I. The van der Waals surface area contributed by atoms with Gasteiger partial charge in [0.15, 0.2) is 5.96 Å². The molecule has 1 fully saturated rings. The quantitative estimate of drug-likeness (QED) is 0.415. The van der Waals surface area contributed by atoms with E-state index in [0.717, 1.165) is 12.8 Å². The summed E-state index contributed by atoms with van der Waals surface area (Å²) in [5, 5.41) is 6.18. The van der Waals surface area contributed by atoms with Crippen molar-refractivity contribution in [2.75, 3.05) is 7.05 Å². The second kappa shape index (κ2) is 9.84. The van der Waals surface area contributed by atoms with Gasteiger partial charge in [-0.3, -0.25) is 4.99 Å². The van der Waals surface area contributed by atoms with E-state index >= 15 is 0 Å². The standard InChI is InChI=1S/C15H20F3N3O.HI/c1-19-15(21-10-5-2-3-6-10)20-9-11-12(16)7-4-8-13(11)22-14(17)18;/h4,7-8,10,14H,2-3,5-6,9H2,1H3,(H2,19,20,21);1H. The van der Waals surface area contributed by atoms with Gasteiger partial charge in [0.1, 0.15) is 11.6 Å². The van der Waals surface area contributed by atoms with Crippen molar-refractivity contribution in [1.29, 1.82) is 0 Å². The van der Waals surface area contributed by atoms with Gasteiger partial charge in [-0.05, 0) is 25.0 Å². The zero-order valence-corrected chi connectivity index (χ0v) is 15.2. The molecule has 0 saturated heterocycles. The minimum absolute atomic E-state index is 0. The first-order valence-corrected chi connectivity index (χ1v) is 7.29. The largest absolute Gasteiger partial charge is 0.434 e. The first kappa shape index (κ1) is 19.9. The van der Waals surface area contributed by atoms with Gasteiger partial charge < -0.3 is 15.4 Å². The number of rotatable bonds is 5. The fourth-order valence-corrected chi connectivity index (χ4v) is 2.55. The molecular weight excluding hydrogens is 422 g/mol. The van der Waals surface area contributed by atoms with Crippen molar-refractivity contribution in [1.82, 2.24) is 10.6 Å². The molecule has 0 aliphatic heterocycles. The lowest BCUT2D eigenvalue weighted by Gasteiger charge is -2.18. The number of nitrogens with zero attached hydrogens (tertiary/aromatic N) is 1. The molecular formula is C15H21F3IN3O. The van der Waals surface area contributed by atoms with Crippen LogP contribution in [0.15, 0.2) is 23.2 Å². The molecule has 1 aliphatic carbocycles. The Kier molecular flexibility index (Phi) is 8.49. The van der Waals surface area contributed by atoms with Crippen LogP contribution in [0.3, 0.4) is 0 Å². The zero-order chi connectivity index (χ0) is 15.9. The summed E-state index contributed by atoms with van der Waals surface area (Å²) in [5.74, 6) is -0.237. The molecule has 2 rings (SSSR count). The number of hydrogen-bond acceptors (Lipinski definition) is 2. The van der Waals surface area contributed by atoms with Gasteiger partial charge in [0.25, 0.3) is 0 Å². The average Bonchev–Trinajstić information content (AvgIpc) is 2.97. The topological polar surface area (TPSA) is 45.7 Å². The van der Waals surface area contributed by atoms with E-state index in [0.29, 0.717) is 12.0 Å². The molecule has 1 aromatic rings. The third-order valence-corrected chi connectivity index (χ3v) is 3.64. The molecule has 0 radical (unpaired) electrons. The summed E-state index contributed by atoms with van der Waals surface area (Å²) in [6.45, 7) is -2.97. The maximum atomic E-state index is 13.8. The fourth-order valence-electron chi connectivity index (χ4n) is 2.55. The molecule has 4 nitrogen and oxygen atoms in total. The third-order valence-electron chi connectivity index (χ3n) is 3.64. The van der Waals surface area contributed by atoms with Crippen LogP contribution in [0.5, 0.6) is 5.75 Å². The van der Waals surface area contributed by atoms with Gasteiger partial charge in [0.05, 0.1) is 0 Å². The maximum absolute atomic E-state index is 13.8. The van der Waals surface area contributed by atoms with Crippen molar-refractivity contribution < 1.29 is 17.9 Å². The van der Waals surface area contributed by atoms with Gasteiger partial charge in [0.2, 0.25) is 0 Å². The Morgan fingerprint density at radius 3 is 2.65 bits per heavy atom. The van der Waals surface area contributed by atoms with E-state index in [2.05, 4.69) is 20.4 Å². The smallest absolute Gasteiger partial charge is 0.387 e. The van der Waals surface area contributed by atoms with E-state index in [9.17, 15) is 13.2 Å². The van der Waals surface area contributed by atoms with Gasteiger partial charge in [-0.1, -0.05) is 18.9 Å². The lowest BCUT2D eigenvalue weighted by atomic mass is 10.2. The highest BCUT2D eigenvalue weighted by molar-refractivity contribution is 14.0. The Hall–Kier alpha value is -1.19. The molecule has 0 spiro atoms. The molecule has 0 unspecified atom stereocenters. The fraction of sp³-hybridized carbons (Fsp3) is 0.533. The Bertz CT molecular complexity index is 523. The summed E-state index contributed by atoms with van der Waals surface area (Å²) in [7, 11) is 1.61. The van der Waals surface area contributed by atoms with Gasteiger partial charge in [-0.2, -0.15) is 8.78 Å². The Morgan fingerprint density at radius 1 is 1.35 bits per heavy atom. The van der Waals surface area contributed by atoms with E-state index in [1.54, 1.807) is 7.05 Å². The van der Waals surface area contributed by atoms with Crippen LogP contribution in [0.1, 0.15) is 31.2 Å². The Labute approximate surface area is 150 Å². The van der Waals surface area contributed by atoms with Crippen LogP contribution in [0, 0.1) is 5.82 Å². The molecule has 1 aromatic carbocycles. The molecule has 1 saturated carbocycles. The van der Waals surface area contributed by atoms with Crippen LogP contribution in [0.2, 0.25) is 0 Å². The summed E-state index contributed by atoms with van der Waals surface area (Å²) in [5.41, 5.74) is 0.0529. The molecule has 8 heteroatoms. The van der Waals surface area contributed by atoms with Crippen LogP contribution in [-0.2, 0) is 6.54 Å². The number of benzene rings is 1. The summed E-state index contributed by atoms with van der Waals surface area (Å²) in [6.07, 6.45) is 4.49. The number of hydrogen-bond donors (Lipinski definition) is 2. The van der Waals surface area contributed by atoms with Crippen LogP contribution < -0.4 is 15.4 Å². The van der Waals surface area contributed by atoms with E-state index in [1.807, 2.05) is 0 Å². The molecule has 0 heterocycles. The molecule has 0 amide bonds. The molecule has 0 aromatic heterocycles. The van der Waals surface area contributed by atoms with Crippen molar-refractivity contribution in [3.8, 4) is 5.75 Å². The van der Waals surface area contributed by atoms with Crippen molar-refractivity contribution >= 4 is 29.9 Å². The monoisotopic (exact) mass is 443 g/mol. The second-order valence-corrected chi connectivity index (χ2v) is 5.15. The number of alkyl halides is 2.